The highest BCUT2D eigenvalue weighted by atomic mass is 16.3. The van der Waals surface area contributed by atoms with Gasteiger partial charge in [-0.2, -0.15) is 0 Å². The number of hydrogen-bond acceptors (Lipinski definition) is 4. The smallest absolute Gasteiger partial charge is 0.254 e. The molecular weight excluding hydrogens is 374 g/mol. The first-order chi connectivity index (χ1) is 14.6. The number of aromatic nitrogens is 2. The second kappa shape index (κ2) is 7.41. The first-order valence-corrected chi connectivity index (χ1v) is 10.2. The summed E-state index contributed by atoms with van der Waals surface area (Å²) in [6, 6.07) is 17.5. The summed E-state index contributed by atoms with van der Waals surface area (Å²) in [6.45, 7) is 2.67. The van der Waals surface area contributed by atoms with Crippen molar-refractivity contribution in [2.24, 2.45) is 5.92 Å². The number of para-hydroxylation sites is 1. The molecule has 3 aromatic heterocycles. The lowest BCUT2D eigenvalue weighted by Gasteiger charge is -2.18. The highest BCUT2D eigenvalue weighted by Gasteiger charge is 2.36. The molecule has 5 nitrogen and oxygen atoms in total. The molecule has 1 fully saturated rings. The van der Waals surface area contributed by atoms with Crippen LogP contribution in [0.1, 0.15) is 41.1 Å². The average molecular weight is 397 g/mol. The van der Waals surface area contributed by atoms with Crippen molar-refractivity contribution in [2.75, 3.05) is 7.05 Å². The van der Waals surface area contributed by atoms with Crippen LogP contribution < -0.4 is 0 Å². The van der Waals surface area contributed by atoms with Crippen LogP contribution in [0.2, 0.25) is 0 Å². The summed E-state index contributed by atoms with van der Waals surface area (Å²) in [5.74, 6) is 3.02. The molecule has 1 aliphatic rings. The summed E-state index contributed by atoms with van der Waals surface area (Å²) < 4.78 is 6.00. The Morgan fingerprint density at radius 1 is 1.13 bits per heavy atom. The summed E-state index contributed by atoms with van der Waals surface area (Å²) in [6.07, 6.45) is 4.65. The molecule has 0 aliphatic heterocycles. The zero-order valence-electron chi connectivity index (χ0n) is 17.1. The lowest BCUT2D eigenvalue weighted by Crippen LogP contribution is -2.26. The van der Waals surface area contributed by atoms with E-state index in [0.29, 0.717) is 23.9 Å². The third-order valence-electron chi connectivity index (χ3n) is 5.82. The van der Waals surface area contributed by atoms with E-state index in [1.165, 1.54) is 6.42 Å². The minimum Gasteiger partial charge on any atom is -0.464 e. The van der Waals surface area contributed by atoms with Gasteiger partial charge in [-0.25, -0.2) is 4.98 Å². The Morgan fingerprint density at radius 2 is 1.90 bits per heavy atom. The van der Waals surface area contributed by atoms with Crippen LogP contribution in [0.3, 0.4) is 0 Å². The zero-order chi connectivity index (χ0) is 20.7. The largest absolute Gasteiger partial charge is 0.464 e. The molecular formula is C25H23N3O2. The molecule has 0 saturated heterocycles. The van der Waals surface area contributed by atoms with Crippen LogP contribution in [0.5, 0.6) is 0 Å². The average Bonchev–Trinajstić information content (AvgIpc) is 3.33. The van der Waals surface area contributed by atoms with Crippen molar-refractivity contribution < 1.29 is 9.21 Å². The van der Waals surface area contributed by atoms with Crippen molar-refractivity contribution in [3.8, 4) is 11.3 Å². The maximum Gasteiger partial charge on any atom is 0.254 e. The van der Waals surface area contributed by atoms with Crippen molar-refractivity contribution in [2.45, 2.75) is 25.8 Å². The molecule has 1 saturated carbocycles. The Balaban J connectivity index is 1.46. The summed E-state index contributed by atoms with van der Waals surface area (Å²) >= 11 is 0. The van der Waals surface area contributed by atoms with Gasteiger partial charge >= 0.3 is 0 Å². The van der Waals surface area contributed by atoms with E-state index < -0.39 is 0 Å². The number of hydrogen-bond donors (Lipinski definition) is 0. The van der Waals surface area contributed by atoms with Crippen molar-refractivity contribution >= 4 is 16.8 Å². The van der Waals surface area contributed by atoms with E-state index in [1.807, 2.05) is 61.6 Å². The van der Waals surface area contributed by atoms with Crippen LogP contribution in [0, 0.1) is 5.92 Å². The topological polar surface area (TPSA) is 59.2 Å². The molecule has 1 amide bonds. The first kappa shape index (κ1) is 18.6. The van der Waals surface area contributed by atoms with Gasteiger partial charge in [-0.15, -0.1) is 0 Å². The normalized spacial score (nSPS) is 17.8. The standard InChI is InChI=1S/C25H23N3O2/c1-16-13-20(16)24-8-7-18(30-24)15-28(2)25(29)21-14-23(17-9-11-26-12-10-17)27-22-6-4-3-5-19(21)22/h3-12,14,16,20H,13,15H2,1-2H3/t16-,20+/m1/s1. The number of carbonyl (C=O) groups excluding carboxylic acids is 1. The Kier molecular flexibility index (Phi) is 4.58. The van der Waals surface area contributed by atoms with Crippen LogP contribution in [-0.2, 0) is 6.54 Å². The van der Waals surface area contributed by atoms with E-state index in [9.17, 15) is 4.79 Å². The zero-order valence-corrected chi connectivity index (χ0v) is 17.1. The minimum absolute atomic E-state index is 0.0540. The summed E-state index contributed by atoms with van der Waals surface area (Å²) in [5.41, 5.74) is 3.13. The molecule has 3 heterocycles. The monoisotopic (exact) mass is 397 g/mol. The fourth-order valence-corrected chi connectivity index (χ4v) is 3.93. The third-order valence-corrected chi connectivity index (χ3v) is 5.82. The van der Waals surface area contributed by atoms with Crippen LogP contribution in [-0.4, -0.2) is 27.8 Å². The molecule has 0 N–H and O–H groups in total. The number of furan rings is 1. The quantitative estimate of drug-likeness (QED) is 0.459. The van der Waals surface area contributed by atoms with Gasteiger partial charge in [0.1, 0.15) is 11.5 Å². The summed E-state index contributed by atoms with van der Waals surface area (Å²) in [5, 5.41) is 0.846. The van der Waals surface area contributed by atoms with Gasteiger partial charge in [0.15, 0.2) is 0 Å². The number of amides is 1. The first-order valence-electron chi connectivity index (χ1n) is 10.2. The predicted molar refractivity (Wildman–Crippen MR) is 116 cm³/mol. The second-order valence-corrected chi connectivity index (χ2v) is 8.09. The van der Waals surface area contributed by atoms with Crippen LogP contribution in [0.15, 0.2) is 71.4 Å². The van der Waals surface area contributed by atoms with Gasteiger partial charge in [0, 0.05) is 36.3 Å². The third kappa shape index (κ3) is 3.47. The Labute approximate surface area is 175 Å². The van der Waals surface area contributed by atoms with Gasteiger partial charge in [0.05, 0.1) is 23.3 Å². The molecule has 0 bridgehead atoms. The van der Waals surface area contributed by atoms with Gasteiger partial charge in [0.2, 0.25) is 0 Å². The van der Waals surface area contributed by atoms with Crippen LogP contribution in [0.4, 0.5) is 0 Å². The molecule has 1 aliphatic carbocycles. The second-order valence-electron chi connectivity index (χ2n) is 8.09. The minimum atomic E-state index is -0.0540. The van der Waals surface area contributed by atoms with Crippen molar-refractivity contribution in [3.63, 3.8) is 0 Å². The number of rotatable bonds is 5. The number of nitrogens with zero attached hydrogens (tertiary/aromatic N) is 3. The number of carbonyl (C=O) groups is 1. The van der Waals surface area contributed by atoms with E-state index in [4.69, 9.17) is 9.40 Å². The van der Waals surface area contributed by atoms with E-state index in [-0.39, 0.29) is 5.91 Å². The Bertz CT molecular complexity index is 1220. The molecule has 4 aromatic rings. The molecule has 0 unspecified atom stereocenters. The molecule has 5 heteroatoms. The molecule has 1 aromatic carbocycles. The number of benzene rings is 1. The molecule has 0 spiro atoms. The van der Waals surface area contributed by atoms with Crippen LogP contribution in [0.25, 0.3) is 22.2 Å². The number of fused-ring (bicyclic) bond motifs is 1. The molecule has 30 heavy (non-hydrogen) atoms. The molecule has 5 rings (SSSR count). The van der Waals surface area contributed by atoms with E-state index in [2.05, 4.69) is 11.9 Å². The molecule has 2 atom stereocenters. The Morgan fingerprint density at radius 3 is 2.67 bits per heavy atom. The fourth-order valence-electron chi connectivity index (χ4n) is 3.93. The maximum atomic E-state index is 13.4. The van der Waals surface area contributed by atoms with Crippen molar-refractivity contribution in [1.82, 2.24) is 14.9 Å². The van der Waals surface area contributed by atoms with Crippen molar-refractivity contribution in [3.05, 3.63) is 84.1 Å². The molecule has 0 radical (unpaired) electrons. The number of pyridine rings is 2. The van der Waals surface area contributed by atoms with Gasteiger partial charge in [-0.1, -0.05) is 25.1 Å². The summed E-state index contributed by atoms with van der Waals surface area (Å²) in [4.78, 5) is 23.9. The summed E-state index contributed by atoms with van der Waals surface area (Å²) in [7, 11) is 1.81. The van der Waals surface area contributed by atoms with Crippen LogP contribution >= 0.6 is 0 Å². The lowest BCUT2D eigenvalue weighted by molar-refractivity contribution is 0.0776. The van der Waals surface area contributed by atoms with E-state index >= 15 is 0 Å². The van der Waals surface area contributed by atoms with Gasteiger partial charge in [-0.3, -0.25) is 9.78 Å². The van der Waals surface area contributed by atoms with Gasteiger partial charge < -0.3 is 9.32 Å². The lowest BCUT2D eigenvalue weighted by atomic mass is 10.0. The van der Waals surface area contributed by atoms with E-state index in [0.717, 1.165) is 33.7 Å². The fraction of sp³-hybridized carbons (Fsp3) is 0.240. The highest BCUT2D eigenvalue weighted by Crippen LogP contribution is 2.47. The van der Waals surface area contributed by atoms with E-state index in [1.54, 1.807) is 17.3 Å². The highest BCUT2D eigenvalue weighted by molar-refractivity contribution is 6.07. The maximum absolute atomic E-state index is 13.4. The Hall–Kier alpha value is -3.47. The van der Waals surface area contributed by atoms with Gasteiger partial charge in [0.25, 0.3) is 5.91 Å². The predicted octanol–water partition coefficient (Wildman–Crippen LogP) is 5.29. The molecule has 150 valence electrons. The van der Waals surface area contributed by atoms with Crippen molar-refractivity contribution in [1.29, 1.82) is 0 Å². The van der Waals surface area contributed by atoms with Gasteiger partial charge in [-0.05, 0) is 48.7 Å². The SMILES string of the molecule is C[C@@H]1C[C@@H]1c1ccc(CN(C)C(=O)c2cc(-c3ccncc3)nc3ccccc23)o1.